The highest BCUT2D eigenvalue weighted by atomic mass is 16.3. The van der Waals surface area contributed by atoms with Crippen molar-refractivity contribution in [1.82, 2.24) is 5.32 Å². The fourth-order valence-corrected chi connectivity index (χ4v) is 2.05. The van der Waals surface area contributed by atoms with Crippen molar-refractivity contribution in [1.29, 1.82) is 0 Å². The van der Waals surface area contributed by atoms with E-state index in [-0.39, 0.29) is 17.9 Å². The second kappa shape index (κ2) is 7.29. The summed E-state index contributed by atoms with van der Waals surface area (Å²) in [5.41, 5.74) is 1.92. The summed E-state index contributed by atoms with van der Waals surface area (Å²) in [5, 5.41) is 12.2. The highest BCUT2D eigenvalue weighted by molar-refractivity contribution is 5.94. The summed E-state index contributed by atoms with van der Waals surface area (Å²) < 4.78 is 0. The molecule has 1 rings (SSSR count). The van der Waals surface area contributed by atoms with Crippen molar-refractivity contribution in [2.75, 3.05) is 6.54 Å². The lowest BCUT2D eigenvalue weighted by Crippen LogP contribution is -2.29. The Labute approximate surface area is 116 Å². The summed E-state index contributed by atoms with van der Waals surface area (Å²) in [7, 11) is 0. The number of nitrogens with one attached hydrogen (secondary N) is 1. The lowest BCUT2D eigenvalue weighted by Gasteiger charge is -2.14. The average molecular weight is 263 g/mol. The molecular weight excluding hydrogens is 238 g/mol. The summed E-state index contributed by atoms with van der Waals surface area (Å²) >= 11 is 0. The van der Waals surface area contributed by atoms with Crippen molar-refractivity contribution in [2.45, 2.75) is 46.1 Å². The van der Waals surface area contributed by atoms with Gasteiger partial charge in [0.1, 0.15) is 0 Å². The molecule has 0 bridgehead atoms. The smallest absolute Gasteiger partial charge is 0.251 e. The standard InChI is InChI=1S/C16H25NO2/c1-11(2)14-5-7-15(8-6-14)16(19)17-10-12(3)9-13(4)18/h5-8,11-13,18H,9-10H2,1-4H3,(H,17,19). The molecule has 2 N–H and O–H groups in total. The molecule has 0 aliphatic carbocycles. The van der Waals surface area contributed by atoms with E-state index in [4.69, 9.17) is 0 Å². The molecule has 0 spiro atoms. The van der Waals surface area contributed by atoms with Crippen molar-refractivity contribution < 1.29 is 9.90 Å². The van der Waals surface area contributed by atoms with Crippen LogP contribution in [-0.2, 0) is 0 Å². The zero-order valence-electron chi connectivity index (χ0n) is 12.3. The van der Waals surface area contributed by atoms with Crippen molar-refractivity contribution >= 4 is 5.91 Å². The van der Waals surface area contributed by atoms with E-state index in [2.05, 4.69) is 19.2 Å². The molecule has 0 saturated carbocycles. The van der Waals surface area contributed by atoms with Crippen LogP contribution in [-0.4, -0.2) is 23.7 Å². The number of carbonyl (C=O) groups excluding carboxylic acids is 1. The lowest BCUT2D eigenvalue weighted by atomic mass is 10.0. The van der Waals surface area contributed by atoms with Gasteiger partial charge in [-0.2, -0.15) is 0 Å². The fraction of sp³-hybridized carbons (Fsp3) is 0.562. The molecule has 0 saturated heterocycles. The van der Waals surface area contributed by atoms with Gasteiger partial charge in [0, 0.05) is 12.1 Å². The third kappa shape index (κ3) is 5.43. The highest BCUT2D eigenvalue weighted by Crippen LogP contribution is 2.14. The molecule has 0 aliphatic heterocycles. The summed E-state index contributed by atoms with van der Waals surface area (Å²) in [6.45, 7) is 8.65. The average Bonchev–Trinajstić information content (AvgIpc) is 2.35. The lowest BCUT2D eigenvalue weighted by molar-refractivity contribution is 0.0939. The molecule has 2 atom stereocenters. The van der Waals surface area contributed by atoms with Crippen LogP contribution in [0.4, 0.5) is 0 Å². The molecule has 1 amide bonds. The molecule has 19 heavy (non-hydrogen) atoms. The molecule has 3 nitrogen and oxygen atoms in total. The molecule has 0 aromatic heterocycles. The van der Waals surface area contributed by atoms with Crippen LogP contribution in [0, 0.1) is 5.92 Å². The third-order valence-corrected chi connectivity index (χ3v) is 3.19. The highest BCUT2D eigenvalue weighted by Gasteiger charge is 2.10. The van der Waals surface area contributed by atoms with Gasteiger partial charge in [0.2, 0.25) is 0 Å². The first-order valence-corrected chi connectivity index (χ1v) is 6.96. The number of aliphatic hydroxyl groups excluding tert-OH is 1. The summed E-state index contributed by atoms with van der Waals surface area (Å²) in [6.07, 6.45) is 0.379. The van der Waals surface area contributed by atoms with E-state index in [0.717, 1.165) is 0 Å². The number of hydrogen-bond donors (Lipinski definition) is 2. The number of amides is 1. The molecule has 0 fully saturated rings. The maximum Gasteiger partial charge on any atom is 0.251 e. The zero-order chi connectivity index (χ0) is 14.4. The quantitative estimate of drug-likeness (QED) is 0.829. The van der Waals surface area contributed by atoms with E-state index < -0.39 is 0 Å². The molecule has 1 aromatic carbocycles. The first-order chi connectivity index (χ1) is 8.90. The van der Waals surface area contributed by atoms with Gasteiger partial charge in [-0.3, -0.25) is 4.79 Å². The summed E-state index contributed by atoms with van der Waals surface area (Å²) in [4.78, 5) is 11.9. The minimum Gasteiger partial charge on any atom is -0.393 e. The third-order valence-electron chi connectivity index (χ3n) is 3.19. The molecule has 3 heteroatoms. The largest absolute Gasteiger partial charge is 0.393 e. The Morgan fingerprint density at radius 1 is 1.16 bits per heavy atom. The Hall–Kier alpha value is -1.35. The molecule has 0 radical (unpaired) electrons. The fourth-order valence-electron chi connectivity index (χ4n) is 2.05. The Balaban J connectivity index is 2.49. The van der Waals surface area contributed by atoms with Crippen LogP contribution in [0.25, 0.3) is 0 Å². The number of carbonyl (C=O) groups is 1. The van der Waals surface area contributed by atoms with Gasteiger partial charge in [0.15, 0.2) is 0 Å². The topological polar surface area (TPSA) is 49.3 Å². The van der Waals surface area contributed by atoms with E-state index in [0.29, 0.717) is 24.4 Å². The van der Waals surface area contributed by atoms with Crippen LogP contribution in [0.15, 0.2) is 24.3 Å². The Kier molecular flexibility index (Phi) is 6.03. The first kappa shape index (κ1) is 15.7. The number of rotatable bonds is 6. The first-order valence-electron chi connectivity index (χ1n) is 6.96. The Bertz CT molecular complexity index is 396. The van der Waals surface area contributed by atoms with Gasteiger partial charge in [0.05, 0.1) is 6.10 Å². The summed E-state index contributed by atoms with van der Waals surface area (Å²) in [6, 6.07) is 7.73. The maximum absolute atomic E-state index is 11.9. The van der Waals surface area contributed by atoms with Gasteiger partial charge >= 0.3 is 0 Å². The van der Waals surface area contributed by atoms with Gasteiger partial charge < -0.3 is 10.4 Å². The molecule has 2 unspecified atom stereocenters. The van der Waals surface area contributed by atoms with Crippen LogP contribution in [0.1, 0.15) is 56.0 Å². The maximum atomic E-state index is 11.9. The SMILES string of the molecule is CC(O)CC(C)CNC(=O)c1ccc(C(C)C)cc1. The van der Waals surface area contributed by atoms with Crippen LogP contribution >= 0.6 is 0 Å². The molecule has 1 aromatic rings. The zero-order valence-corrected chi connectivity index (χ0v) is 12.3. The van der Waals surface area contributed by atoms with Gasteiger partial charge in [-0.1, -0.05) is 32.9 Å². The molecule has 0 heterocycles. The number of benzene rings is 1. The van der Waals surface area contributed by atoms with E-state index in [1.165, 1.54) is 5.56 Å². The van der Waals surface area contributed by atoms with Crippen LogP contribution < -0.4 is 5.32 Å². The van der Waals surface area contributed by atoms with Crippen LogP contribution in [0.5, 0.6) is 0 Å². The summed E-state index contributed by atoms with van der Waals surface area (Å²) in [5.74, 6) is 0.704. The second-order valence-corrected chi connectivity index (χ2v) is 5.68. The van der Waals surface area contributed by atoms with Gasteiger partial charge in [-0.05, 0) is 42.9 Å². The number of hydrogen-bond acceptors (Lipinski definition) is 2. The molecular formula is C16H25NO2. The van der Waals surface area contributed by atoms with E-state index in [9.17, 15) is 9.90 Å². The van der Waals surface area contributed by atoms with Gasteiger partial charge in [-0.15, -0.1) is 0 Å². The van der Waals surface area contributed by atoms with E-state index in [1.54, 1.807) is 6.92 Å². The second-order valence-electron chi connectivity index (χ2n) is 5.68. The van der Waals surface area contributed by atoms with E-state index >= 15 is 0 Å². The van der Waals surface area contributed by atoms with Crippen molar-refractivity contribution in [2.24, 2.45) is 5.92 Å². The van der Waals surface area contributed by atoms with E-state index in [1.807, 2.05) is 31.2 Å². The van der Waals surface area contributed by atoms with Gasteiger partial charge in [-0.25, -0.2) is 0 Å². The van der Waals surface area contributed by atoms with Gasteiger partial charge in [0.25, 0.3) is 5.91 Å². The molecule has 106 valence electrons. The monoisotopic (exact) mass is 263 g/mol. The van der Waals surface area contributed by atoms with Crippen molar-refractivity contribution in [3.63, 3.8) is 0 Å². The predicted molar refractivity (Wildman–Crippen MR) is 78.3 cm³/mol. The van der Waals surface area contributed by atoms with Crippen molar-refractivity contribution in [3.8, 4) is 0 Å². The molecule has 0 aliphatic rings. The minimum atomic E-state index is -0.322. The number of aliphatic hydroxyl groups is 1. The van der Waals surface area contributed by atoms with Crippen molar-refractivity contribution in [3.05, 3.63) is 35.4 Å². The Morgan fingerprint density at radius 2 is 1.74 bits per heavy atom. The Morgan fingerprint density at radius 3 is 2.21 bits per heavy atom. The van der Waals surface area contributed by atoms with Crippen LogP contribution in [0.3, 0.4) is 0 Å². The van der Waals surface area contributed by atoms with Crippen LogP contribution in [0.2, 0.25) is 0 Å². The predicted octanol–water partition coefficient (Wildman–Crippen LogP) is 2.95. The minimum absolute atomic E-state index is 0.0484. The normalized spacial score (nSPS) is 14.2.